The summed E-state index contributed by atoms with van der Waals surface area (Å²) in [5, 5.41) is 64.7. The molecule has 2 heterocycles. The minimum absolute atomic E-state index is 0.0272. The number of carboxylic acid groups (broad SMARTS) is 1. The first-order chi connectivity index (χ1) is 31.3. The number of aldehydes is 2. The van der Waals surface area contributed by atoms with Crippen LogP contribution in [0.1, 0.15) is 106 Å². The first-order valence-corrected chi connectivity index (χ1v) is 23.9. The van der Waals surface area contributed by atoms with Crippen molar-refractivity contribution in [1.82, 2.24) is 10.3 Å². The normalized spacial score (nSPS) is 30.6. The number of allylic oxidation sites excluding steroid dienone is 2. The number of carboxylic acids is 1. The summed E-state index contributed by atoms with van der Waals surface area (Å²) in [5.41, 5.74) is 14.0. The van der Waals surface area contributed by atoms with Crippen LogP contribution in [0.3, 0.4) is 0 Å². The van der Waals surface area contributed by atoms with Crippen LogP contribution in [0.25, 0.3) is 10.8 Å². The fraction of sp³-hybridized carbons (Fsp3) is 0.569. The average molecular weight is 893 g/mol. The number of aromatic amines is 1. The summed E-state index contributed by atoms with van der Waals surface area (Å²) >= 11 is 0. The third-order valence-electron chi connectivity index (χ3n) is 15.9. The third-order valence-corrected chi connectivity index (χ3v) is 15.9. The Morgan fingerprint density at radius 3 is 2.55 bits per heavy atom. The number of anilines is 1. The molecule has 4 aliphatic carbocycles. The first kappa shape index (κ1) is 46.7. The molecular weight excluding hydrogens is 825 g/mol. The van der Waals surface area contributed by atoms with E-state index in [-0.39, 0.29) is 54.6 Å². The van der Waals surface area contributed by atoms with Crippen molar-refractivity contribution < 1.29 is 39.9 Å². The summed E-state index contributed by atoms with van der Waals surface area (Å²) in [6.07, 6.45) is 16.8. The molecule has 2 bridgehead atoms. The van der Waals surface area contributed by atoms with Crippen molar-refractivity contribution in [1.29, 1.82) is 0 Å². The Labute approximate surface area is 381 Å². The van der Waals surface area contributed by atoms with Gasteiger partial charge in [0.1, 0.15) is 30.1 Å². The molecule has 65 heavy (non-hydrogen) atoms. The lowest BCUT2D eigenvalue weighted by Crippen LogP contribution is -2.72. The molecule has 2 fully saturated rings. The number of hydrogen-bond acceptors (Lipinski definition) is 12. The summed E-state index contributed by atoms with van der Waals surface area (Å²) in [6, 6.07) is 12.3. The summed E-state index contributed by atoms with van der Waals surface area (Å²) in [7, 11) is 0. The zero-order chi connectivity index (χ0) is 45.9. The van der Waals surface area contributed by atoms with E-state index in [9.17, 15) is 39.9 Å². The van der Waals surface area contributed by atoms with Crippen LogP contribution in [0.4, 0.5) is 5.82 Å². The number of aliphatic hydroxyl groups excluding tert-OH is 2. The van der Waals surface area contributed by atoms with Gasteiger partial charge in [0, 0.05) is 43.2 Å². The first-order valence-electron chi connectivity index (χ1n) is 23.9. The fourth-order valence-corrected chi connectivity index (χ4v) is 12.6. The van der Waals surface area contributed by atoms with E-state index in [1.165, 1.54) is 17.2 Å². The lowest BCUT2D eigenvalue weighted by Gasteiger charge is -2.54. The predicted molar refractivity (Wildman–Crippen MR) is 250 cm³/mol. The second-order valence-electron chi connectivity index (χ2n) is 19.8. The van der Waals surface area contributed by atoms with Gasteiger partial charge in [-0.1, -0.05) is 55.3 Å². The molecule has 0 saturated heterocycles. The minimum atomic E-state index is -1.77. The van der Waals surface area contributed by atoms with Crippen LogP contribution in [0, 0.1) is 29.6 Å². The highest BCUT2D eigenvalue weighted by atomic mass is 16.4. The Bertz CT molecular complexity index is 2250. The number of nitrogens with two attached hydrogens (primary N) is 2. The molecule has 350 valence electrons. The van der Waals surface area contributed by atoms with Crippen LogP contribution in [0.2, 0.25) is 0 Å². The number of carbonyl (C=O) groups is 3. The van der Waals surface area contributed by atoms with Crippen LogP contribution in [0.5, 0.6) is 0 Å². The standard InChI is InChI=1S/C51H68N6O8/c52-37(13-8-31(29-60)5-4-21-58)14-12-32-10-11-34-25-36-24-33-9-7-30(16-22-59)23-35(33)26-39(36)45(32)40(34)27-42(55-43-6-3-20-54-43)41(28-44(61)62)46-38-15-19-51(65,50(64)17-1-2-18-50)48(63)47(38)57-49(53)56-46/h3,6-7,9-11,20,22-24,26,28-29,31-32,34,37-38,40,42,45-48,54-55,58,63-65H,1-2,4-5,8,12-19,21,25,27,52H2,(H,61,62)(H3,53,56,57)/b41-28-/t31-,32+,34-,37-,38-,40+,42-,45+,46-,47+,48+,51+/m1/s1. The van der Waals surface area contributed by atoms with E-state index < -0.39 is 47.3 Å². The largest absolute Gasteiger partial charge is 0.478 e. The van der Waals surface area contributed by atoms with Gasteiger partial charge in [-0.2, -0.15) is 0 Å². The minimum Gasteiger partial charge on any atom is -0.478 e. The van der Waals surface area contributed by atoms with Gasteiger partial charge in [-0.3, -0.25) is 0 Å². The number of guanidine groups is 1. The SMILES string of the molecule is NC1=N[C@@H](/C(=C\C(=O)O)[C@@H](C[C@@H]2[C@@H]3c4cc5cc(CC=O)ccc5cc4C[C@H]2C=C[C@H]3CC[C@H](N)CC[C@H](C=O)CCCO)Nc2ccc[nH]2)[C@H]2CC[C@@](O)(C3(O)CCCC3)[C@@H](O)[C@H]2N1. The number of aliphatic hydroxyl groups is 4. The maximum Gasteiger partial charge on any atom is 0.328 e. The van der Waals surface area contributed by atoms with E-state index in [4.69, 9.17) is 16.5 Å². The van der Waals surface area contributed by atoms with Gasteiger partial charge >= 0.3 is 5.97 Å². The number of carbonyl (C=O) groups excluding carboxylic acids is 2. The zero-order valence-electron chi connectivity index (χ0n) is 37.2. The number of hydrogen-bond donors (Lipinski definition) is 10. The van der Waals surface area contributed by atoms with Gasteiger partial charge in [0.2, 0.25) is 0 Å². The van der Waals surface area contributed by atoms with E-state index in [1.54, 1.807) is 0 Å². The molecule has 3 aromatic rings. The summed E-state index contributed by atoms with van der Waals surface area (Å²) in [6.45, 7) is 0.0526. The van der Waals surface area contributed by atoms with E-state index in [0.717, 1.165) is 61.0 Å². The molecule has 12 atom stereocenters. The van der Waals surface area contributed by atoms with Gasteiger partial charge in [0.15, 0.2) is 5.96 Å². The number of rotatable bonds is 20. The maximum atomic E-state index is 13.0. The number of nitrogens with one attached hydrogen (secondary N) is 3. The van der Waals surface area contributed by atoms with Gasteiger partial charge in [-0.25, -0.2) is 9.79 Å². The van der Waals surface area contributed by atoms with Crippen LogP contribution in [0.15, 0.2) is 77.5 Å². The van der Waals surface area contributed by atoms with Crippen molar-refractivity contribution in [3.63, 3.8) is 0 Å². The van der Waals surface area contributed by atoms with Crippen molar-refractivity contribution in [2.24, 2.45) is 46.0 Å². The molecule has 5 aliphatic rings. The van der Waals surface area contributed by atoms with E-state index in [1.807, 2.05) is 24.4 Å². The number of aliphatic carboxylic acids is 1. The van der Waals surface area contributed by atoms with Crippen molar-refractivity contribution in [2.45, 2.75) is 144 Å². The molecule has 2 aromatic carbocycles. The average Bonchev–Trinajstić information content (AvgIpc) is 3.99. The van der Waals surface area contributed by atoms with E-state index in [2.05, 4.69) is 52.0 Å². The number of nitrogens with zero attached hydrogens (tertiary/aromatic N) is 1. The Hall–Kier alpha value is -4.86. The van der Waals surface area contributed by atoms with Gasteiger partial charge in [0.25, 0.3) is 0 Å². The highest BCUT2D eigenvalue weighted by molar-refractivity contribution is 5.86. The lowest BCUT2D eigenvalue weighted by molar-refractivity contribution is -0.227. The maximum absolute atomic E-state index is 13.0. The van der Waals surface area contributed by atoms with Gasteiger partial charge in [-0.05, 0) is 146 Å². The van der Waals surface area contributed by atoms with Crippen LogP contribution in [-0.4, -0.2) is 103 Å². The quantitative estimate of drug-likeness (QED) is 0.0418. The van der Waals surface area contributed by atoms with Gasteiger partial charge < -0.3 is 62.2 Å². The molecular formula is C51H68N6O8. The van der Waals surface area contributed by atoms with Crippen molar-refractivity contribution >= 4 is 41.1 Å². The molecule has 0 spiro atoms. The summed E-state index contributed by atoms with van der Waals surface area (Å²) < 4.78 is 0. The van der Waals surface area contributed by atoms with Gasteiger partial charge in [0.05, 0.1) is 23.7 Å². The number of aliphatic imine (C=N–C) groups is 1. The highest BCUT2D eigenvalue weighted by Crippen LogP contribution is 2.54. The Balaban J connectivity index is 1.15. The molecule has 0 unspecified atom stereocenters. The van der Waals surface area contributed by atoms with Crippen molar-refractivity contribution in [2.75, 3.05) is 11.9 Å². The molecule has 0 radical (unpaired) electrons. The lowest BCUT2D eigenvalue weighted by atomic mass is 9.58. The van der Waals surface area contributed by atoms with Crippen LogP contribution < -0.4 is 22.1 Å². The number of H-pyrrole nitrogens is 1. The molecule has 1 aliphatic heterocycles. The summed E-state index contributed by atoms with van der Waals surface area (Å²) in [4.78, 5) is 44.5. The number of benzene rings is 2. The fourth-order valence-electron chi connectivity index (χ4n) is 12.6. The molecule has 2 saturated carbocycles. The van der Waals surface area contributed by atoms with E-state index >= 15 is 0 Å². The van der Waals surface area contributed by atoms with Crippen molar-refractivity contribution in [3.8, 4) is 0 Å². The molecule has 8 rings (SSSR count). The monoisotopic (exact) mass is 893 g/mol. The molecule has 1 aromatic heterocycles. The van der Waals surface area contributed by atoms with Crippen LogP contribution in [-0.2, 0) is 27.2 Å². The Morgan fingerprint density at radius 2 is 1.83 bits per heavy atom. The topological polar surface area (TPSA) is 257 Å². The van der Waals surface area contributed by atoms with Crippen LogP contribution >= 0.6 is 0 Å². The third kappa shape index (κ3) is 9.69. The molecule has 14 nitrogen and oxygen atoms in total. The molecule has 0 amide bonds. The number of fused-ring (bicyclic) bond motifs is 6. The highest BCUT2D eigenvalue weighted by Gasteiger charge is 2.61. The Kier molecular flexibility index (Phi) is 14.3. The van der Waals surface area contributed by atoms with E-state index in [0.29, 0.717) is 69.2 Å². The predicted octanol–water partition coefficient (Wildman–Crippen LogP) is 4.79. The van der Waals surface area contributed by atoms with Crippen molar-refractivity contribution in [3.05, 3.63) is 89.2 Å². The summed E-state index contributed by atoms with van der Waals surface area (Å²) in [5.74, 6) is -0.710. The Morgan fingerprint density at radius 1 is 1.02 bits per heavy atom. The molecule has 12 N–H and O–H groups in total. The zero-order valence-corrected chi connectivity index (χ0v) is 37.2. The second kappa shape index (κ2) is 19.9. The second-order valence-corrected chi connectivity index (χ2v) is 19.8. The number of aromatic nitrogens is 1. The smallest absolute Gasteiger partial charge is 0.328 e. The molecule has 14 heteroatoms. The van der Waals surface area contributed by atoms with Gasteiger partial charge in [-0.15, -0.1) is 0 Å².